The van der Waals surface area contributed by atoms with Crippen molar-refractivity contribution >= 4 is 34.6 Å². The molecule has 1 aliphatic carbocycles. The van der Waals surface area contributed by atoms with E-state index in [1.807, 2.05) is 36.1 Å². The van der Waals surface area contributed by atoms with Crippen molar-refractivity contribution in [1.29, 1.82) is 0 Å². The first-order valence-corrected chi connectivity index (χ1v) is 10.4. The number of benzene rings is 1. The molecule has 1 saturated carbocycles. The van der Waals surface area contributed by atoms with Crippen molar-refractivity contribution in [3.05, 3.63) is 39.9 Å². The zero-order valence-corrected chi connectivity index (χ0v) is 16.7. The molecule has 2 aliphatic rings. The Morgan fingerprint density at radius 1 is 1.41 bits per heavy atom. The summed E-state index contributed by atoms with van der Waals surface area (Å²) in [6, 6.07) is 7.31. The molecule has 0 unspecified atom stereocenters. The Balaban J connectivity index is 1.62. The number of halogens is 1. The first-order chi connectivity index (χ1) is 13.0. The summed E-state index contributed by atoms with van der Waals surface area (Å²) in [4.78, 5) is 32.6. The molecule has 7 heteroatoms. The zero-order chi connectivity index (χ0) is 19.0. The second-order valence-corrected chi connectivity index (χ2v) is 8.49. The molecule has 1 amide bonds. The lowest BCUT2D eigenvalue weighted by atomic mass is 9.95. The van der Waals surface area contributed by atoms with E-state index in [-0.39, 0.29) is 23.7 Å². The normalized spacial score (nSPS) is 23.0. The molecular formula is C20H21ClN2O3S. The second kappa shape index (κ2) is 7.70. The molecule has 0 radical (unpaired) electrons. The maximum atomic E-state index is 13.3. The molecule has 0 N–H and O–H groups in total. The predicted molar refractivity (Wildman–Crippen MR) is 105 cm³/mol. The fourth-order valence-corrected chi connectivity index (χ4v) is 5.14. The third kappa shape index (κ3) is 3.66. The number of rotatable bonds is 3. The van der Waals surface area contributed by atoms with Crippen LogP contribution in [0.15, 0.2) is 24.3 Å². The minimum atomic E-state index is -0.169. The lowest BCUT2D eigenvalue weighted by molar-refractivity contribution is -0.124. The SMILES string of the molecule is Cc1nc(-c2cccc(Cl)c2)sc1C(=O)N1CCOC[C@@H]1[C@@H]1CCCC1=O. The van der Waals surface area contributed by atoms with Crippen molar-refractivity contribution in [1.82, 2.24) is 9.88 Å². The third-order valence-electron chi connectivity index (χ3n) is 5.31. The number of ether oxygens (including phenoxy) is 1. The van der Waals surface area contributed by atoms with Crippen LogP contribution in [-0.2, 0) is 9.53 Å². The molecule has 1 aliphatic heterocycles. The lowest BCUT2D eigenvalue weighted by Crippen LogP contribution is -2.53. The molecule has 1 aromatic heterocycles. The van der Waals surface area contributed by atoms with Crippen LogP contribution in [0.3, 0.4) is 0 Å². The number of morpholine rings is 1. The third-order valence-corrected chi connectivity index (χ3v) is 6.73. The molecule has 1 saturated heterocycles. The second-order valence-electron chi connectivity index (χ2n) is 7.05. The van der Waals surface area contributed by atoms with Crippen molar-refractivity contribution in [2.75, 3.05) is 19.8 Å². The number of carbonyl (C=O) groups excluding carboxylic acids is 2. The van der Waals surface area contributed by atoms with Crippen LogP contribution in [-0.4, -0.2) is 47.4 Å². The number of hydrogen-bond donors (Lipinski definition) is 0. The Hall–Kier alpha value is -1.76. The van der Waals surface area contributed by atoms with E-state index in [1.165, 1.54) is 11.3 Å². The van der Waals surface area contributed by atoms with Gasteiger partial charge >= 0.3 is 0 Å². The molecular weight excluding hydrogens is 384 g/mol. The van der Waals surface area contributed by atoms with Gasteiger partial charge < -0.3 is 9.64 Å². The van der Waals surface area contributed by atoms with E-state index < -0.39 is 0 Å². The number of Topliss-reactive ketones (excluding diaryl/α,β-unsaturated/α-hetero) is 1. The Kier molecular flexibility index (Phi) is 5.30. The number of ketones is 1. The molecule has 1 aromatic carbocycles. The minimum Gasteiger partial charge on any atom is -0.377 e. The van der Waals surface area contributed by atoms with Crippen LogP contribution in [0.1, 0.15) is 34.6 Å². The summed E-state index contributed by atoms with van der Waals surface area (Å²) in [6.07, 6.45) is 2.36. The Labute approximate surface area is 167 Å². The zero-order valence-electron chi connectivity index (χ0n) is 15.1. The molecule has 2 aromatic rings. The molecule has 2 heterocycles. The van der Waals surface area contributed by atoms with Gasteiger partial charge in [-0.3, -0.25) is 9.59 Å². The standard InChI is InChI=1S/C20H21ClN2O3S/c1-12-18(27-19(22-12)13-4-2-5-14(21)10-13)20(25)23-8-9-26-11-16(23)15-6-3-7-17(15)24/h2,4-5,10,15-16H,3,6-9,11H2,1H3/t15-,16+/m0/s1. The highest BCUT2D eigenvalue weighted by molar-refractivity contribution is 7.17. The van der Waals surface area contributed by atoms with Crippen LogP contribution in [0.4, 0.5) is 0 Å². The van der Waals surface area contributed by atoms with E-state index >= 15 is 0 Å². The average molecular weight is 405 g/mol. The molecule has 27 heavy (non-hydrogen) atoms. The molecule has 4 rings (SSSR count). The quantitative estimate of drug-likeness (QED) is 0.776. The highest BCUT2D eigenvalue weighted by atomic mass is 35.5. The van der Waals surface area contributed by atoms with Gasteiger partial charge in [0.25, 0.3) is 5.91 Å². The first-order valence-electron chi connectivity index (χ1n) is 9.19. The number of nitrogens with zero attached hydrogens (tertiary/aromatic N) is 2. The summed E-state index contributed by atoms with van der Waals surface area (Å²) in [5.41, 5.74) is 1.61. The van der Waals surface area contributed by atoms with Gasteiger partial charge in [0.05, 0.1) is 24.9 Å². The monoisotopic (exact) mass is 404 g/mol. The largest absolute Gasteiger partial charge is 0.377 e. The van der Waals surface area contributed by atoms with E-state index in [1.54, 1.807) is 0 Å². The van der Waals surface area contributed by atoms with E-state index in [2.05, 4.69) is 4.98 Å². The van der Waals surface area contributed by atoms with Crippen LogP contribution < -0.4 is 0 Å². The average Bonchev–Trinajstić information content (AvgIpc) is 3.27. The van der Waals surface area contributed by atoms with Gasteiger partial charge in [0, 0.05) is 29.5 Å². The highest BCUT2D eigenvalue weighted by Crippen LogP contribution is 2.33. The predicted octanol–water partition coefficient (Wildman–Crippen LogP) is 3.98. The summed E-state index contributed by atoms with van der Waals surface area (Å²) in [7, 11) is 0. The van der Waals surface area contributed by atoms with E-state index in [0.717, 1.165) is 23.4 Å². The smallest absolute Gasteiger partial charge is 0.266 e. The molecule has 0 spiro atoms. The number of aromatic nitrogens is 1. The van der Waals surface area contributed by atoms with Crippen molar-refractivity contribution < 1.29 is 14.3 Å². The van der Waals surface area contributed by atoms with Gasteiger partial charge in [-0.2, -0.15) is 0 Å². The topological polar surface area (TPSA) is 59.5 Å². The van der Waals surface area contributed by atoms with Crippen LogP contribution in [0.25, 0.3) is 10.6 Å². The van der Waals surface area contributed by atoms with E-state index in [0.29, 0.717) is 41.8 Å². The van der Waals surface area contributed by atoms with Gasteiger partial charge in [0.1, 0.15) is 15.7 Å². The number of hydrogen-bond acceptors (Lipinski definition) is 5. The lowest BCUT2D eigenvalue weighted by Gasteiger charge is -2.38. The van der Waals surface area contributed by atoms with Gasteiger partial charge in [0.15, 0.2) is 0 Å². The summed E-state index contributed by atoms with van der Waals surface area (Å²) >= 11 is 7.47. The number of carbonyl (C=O) groups is 2. The summed E-state index contributed by atoms with van der Waals surface area (Å²) < 4.78 is 5.60. The van der Waals surface area contributed by atoms with Crippen LogP contribution in [0.2, 0.25) is 5.02 Å². The summed E-state index contributed by atoms with van der Waals surface area (Å²) in [5.74, 6) is 0.102. The number of amides is 1. The number of thiazole rings is 1. The van der Waals surface area contributed by atoms with Gasteiger partial charge in [0.2, 0.25) is 0 Å². The number of aryl methyl sites for hydroxylation is 1. The van der Waals surface area contributed by atoms with Gasteiger partial charge in [-0.25, -0.2) is 4.98 Å². The summed E-state index contributed by atoms with van der Waals surface area (Å²) in [6.45, 7) is 3.30. The van der Waals surface area contributed by atoms with Gasteiger partial charge in [-0.1, -0.05) is 23.7 Å². The van der Waals surface area contributed by atoms with Crippen molar-refractivity contribution in [2.24, 2.45) is 5.92 Å². The molecule has 142 valence electrons. The Bertz CT molecular complexity index is 882. The molecule has 0 bridgehead atoms. The van der Waals surface area contributed by atoms with Crippen molar-refractivity contribution in [3.63, 3.8) is 0 Å². The Morgan fingerprint density at radius 2 is 2.26 bits per heavy atom. The van der Waals surface area contributed by atoms with E-state index in [9.17, 15) is 9.59 Å². The van der Waals surface area contributed by atoms with Crippen LogP contribution >= 0.6 is 22.9 Å². The van der Waals surface area contributed by atoms with Gasteiger partial charge in [-0.05, 0) is 31.9 Å². The fourth-order valence-electron chi connectivity index (χ4n) is 3.93. The van der Waals surface area contributed by atoms with Crippen LogP contribution in [0.5, 0.6) is 0 Å². The Morgan fingerprint density at radius 3 is 3.00 bits per heavy atom. The van der Waals surface area contributed by atoms with Crippen LogP contribution in [0, 0.1) is 12.8 Å². The fraction of sp³-hybridized carbons (Fsp3) is 0.450. The molecule has 2 fully saturated rings. The maximum absolute atomic E-state index is 13.3. The van der Waals surface area contributed by atoms with Crippen molar-refractivity contribution in [2.45, 2.75) is 32.2 Å². The van der Waals surface area contributed by atoms with Gasteiger partial charge in [-0.15, -0.1) is 11.3 Å². The highest BCUT2D eigenvalue weighted by Gasteiger charge is 2.40. The van der Waals surface area contributed by atoms with Crippen molar-refractivity contribution in [3.8, 4) is 10.6 Å². The molecule has 2 atom stereocenters. The molecule has 5 nitrogen and oxygen atoms in total. The van der Waals surface area contributed by atoms with E-state index in [4.69, 9.17) is 16.3 Å². The minimum absolute atomic E-state index is 0.0497. The summed E-state index contributed by atoms with van der Waals surface area (Å²) in [5, 5.41) is 1.42. The maximum Gasteiger partial charge on any atom is 0.266 e. The first kappa shape index (κ1) is 18.6.